The van der Waals surface area contributed by atoms with Gasteiger partial charge in [-0.15, -0.1) is 0 Å². The van der Waals surface area contributed by atoms with Gasteiger partial charge in [-0.2, -0.15) is 0 Å². The number of aryl methyl sites for hydroxylation is 1. The van der Waals surface area contributed by atoms with E-state index >= 15 is 0 Å². The number of benzene rings is 1. The van der Waals surface area contributed by atoms with E-state index in [2.05, 4.69) is 51.7 Å². The van der Waals surface area contributed by atoms with Gasteiger partial charge in [-0.05, 0) is 0 Å². The van der Waals surface area contributed by atoms with Crippen LogP contribution >= 0.6 is 0 Å². The number of nitrogens with zero attached hydrogens (tertiary/aromatic N) is 1. The molecule has 2 nitrogen and oxygen atoms in total. The van der Waals surface area contributed by atoms with E-state index < -0.39 is 0 Å². The molecule has 0 bridgehead atoms. The van der Waals surface area contributed by atoms with E-state index in [0.29, 0.717) is 5.56 Å². The van der Waals surface area contributed by atoms with Gasteiger partial charge in [0.1, 0.15) is 0 Å². The van der Waals surface area contributed by atoms with Gasteiger partial charge in [0.15, 0.2) is 0 Å². The quantitative estimate of drug-likeness (QED) is 0.761. The molecule has 125 valence electrons. The van der Waals surface area contributed by atoms with Crippen molar-refractivity contribution in [2.75, 3.05) is 0 Å². The molecule has 3 heteroatoms. The first-order valence-corrected chi connectivity index (χ1v) is 10.1. The standard InChI is InChI=1S/C21H24NOSe/c1-14-10-16-17(21(4,5)9-8-20(16,2)3)11-18(14)24-19-7-6-15(13-23)12-22-19/h6-7,10-12H,8-9H2,1-5H3. The van der Waals surface area contributed by atoms with Crippen molar-refractivity contribution in [3.8, 4) is 0 Å². The molecule has 2 aromatic rings. The van der Waals surface area contributed by atoms with Crippen molar-refractivity contribution in [2.45, 2.75) is 58.3 Å². The summed E-state index contributed by atoms with van der Waals surface area (Å²) in [7, 11) is 0. The maximum atomic E-state index is 10.7. The number of rotatable bonds is 3. The number of hydrogen-bond donors (Lipinski definition) is 0. The fourth-order valence-electron chi connectivity index (χ4n) is 3.43. The minimum atomic E-state index is 0.151. The SMILES string of the molecule is Cc1cc2c(cc1[Se]c1ccc([C]=O)cn1)C(C)(C)CCC2(C)C. The zero-order valence-corrected chi connectivity index (χ0v) is 16.8. The molecule has 0 aliphatic heterocycles. The molecule has 1 heterocycles. The van der Waals surface area contributed by atoms with Gasteiger partial charge in [0.25, 0.3) is 0 Å². The van der Waals surface area contributed by atoms with E-state index in [1.807, 2.05) is 12.4 Å². The Balaban J connectivity index is 2.02. The van der Waals surface area contributed by atoms with Crippen LogP contribution in [-0.4, -0.2) is 26.2 Å². The van der Waals surface area contributed by atoms with Crippen LogP contribution in [0.25, 0.3) is 0 Å². The third kappa shape index (κ3) is 3.20. The number of carbonyl (C=O) groups excluding carboxylic acids is 1. The summed E-state index contributed by atoms with van der Waals surface area (Å²) in [5.74, 6) is 0. The van der Waals surface area contributed by atoms with Crippen LogP contribution in [0.15, 0.2) is 30.5 Å². The summed E-state index contributed by atoms with van der Waals surface area (Å²) in [6.45, 7) is 11.7. The molecular formula is C21H24NOSe. The maximum absolute atomic E-state index is 10.7. The average molecular weight is 385 g/mol. The van der Waals surface area contributed by atoms with Crippen molar-refractivity contribution in [1.82, 2.24) is 4.98 Å². The Hall–Kier alpha value is -1.44. The summed E-state index contributed by atoms with van der Waals surface area (Å²) in [6, 6.07) is 8.58. The van der Waals surface area contributed by atoms with Crippen LogP contribution in [0.5, 0.6) is 0 Å². The van der Waals surface area contributed by atoms with E-state index in [-0.39, 0.29) is 25.8 Å². The second-order valence-corrected chi connectivity index (χ2v) is 10.2. The summed E-state index contributed by atoms with van der Waals surface area (Å²) >= 11 is 0.151. The Bertz CT molecular complexity index is 775. The van der Waals surface area contributed by atoms with Crippen LogP contribution in [0.4, 0.5) is 0 Å². The zero-order chi connectivity index (χ0) is 17.5. The van der Waals surface area contributed by atoms with Crippen LogP contribution in [0.1, 0.15) is 62.8 Å². The third-order valence-corrected chi connectivity index (χ3v) is 7.55. The van der Waals surface area contributed by atoms with Gasteiger partial charge < -0.3 is 0 Å². The Morgan fingerprint density at radius 3 is 2.21 bits per heavy atom. The molecular weight excluding hydrogens is 361 g/mol. The molecule has 24 heavy (non-hydrogen) atoms. The minimum absolute atomic E-state index is 0.151. The van der Waals surface area contributed by atoms with Crippen LogP contribution in [0.2, 0.25) is 0 Å². The summed E-state index contributed by atoms with van der Waals surface area (Å²) in [5.41, 5.74) is 5.36. The second kappa shape index (κ2) is 6.13. The Morgan fingerprint density at radius 1 is 1.04 bits per heavy atom. The molecule has 0 N–H and O–H groups in total. The van der Waals surface area contributed by atoms with E-state index in [0.717, 1.165) is 4.59 Å². The van der Waals surface area contributed by atoms with Crippen molar-refractivity contribution in [1.29, 1.82) is 0 Å². The normalized spacial score (nSPS) is 18.0. The van der Waals surface area contributed by atoms with Gasteiger partial charge in [0.05, 0.1) is 0 Å². The van der Waals surface area contributed by atoms with Crippen molar-refractivity contribution in [2.24, 2.45) is 0 Å². The van der Waals surface area contributed by atoms with Crippen molar-refractivity contribution in [3.63, 3.8) is 0 Å². The molecule has 0 saturated carbocycles. The van der Waals surface area contributed by atoms with Gasteiger partial charge in [0, 0.05) is 0 Å². The predicted molar refractivity (Wildman–Crippen MR) is 101 cm³/mol. The molecule has 0 saturated heterocycles. The molecule has 0 atom stereocenters. The zero-order valence-electron chi connectivity index (χ0n) is 15.1. The molecule has 1 aromatic heterocycles. The molecule has 0 fully saturated rings. The number of aromatic nitrogens is 1. The van der Waals surface area contributed by atoms with E-state index in [9.17, 15) is 4.79 Å². The molecule has 1 aliphatic carbocycles. The van der Waals surface area contributed by atoms with E-state index in [4.69, 9.17) is 0 Å². The molecule has 1 aliphatic rings. The van der Waals surface area contributed by atoms with Crippen LogP contribution in [0, 0.1) is 6.92 Å². The van der Waals surface area contributed by atoms with Gasteiger partial charge in [-0.1, -0.05) is 0 Å². The summed E-state index contributed by atoms with van der Waals surface area (Å²) in [6.07, 6.45) is 5.97. The number of pyridine rings is 1. The average Bonchev–Trinajstić information content (AvgIpc) is 2.54. The molecule has 3 rings (SSSR count). The Kier molecular flexibility index (Phi) is 4.44. The molecule has 1 aromatic carbocycles. The summed E-state index contributed by atoms with van der Waals surface area (Å²) < 4.78 is 2.44. The van der Waals surface area contributed by atoms with Gasteiger partial charge in [0.2, 0.25) is 0 Å². The fourth-order valence-corrected chi connectivity index (χ4v) is 5.24. The van der Waals surface area contributed by atoms with Crippen LogP contribution in [-0.2, 0) is 15.6 Å². The molecule has 1 radical (unpaired) electrons. The predicted octanol–water partition coefficient (Wildman–Crippen LogP) is 2.85. The molecule has 0 amide bonds. The first kappa shape index (κ1) is 17.4. The fraction of sp³-hybridized carbons (Fsp3) is 0.429. The van der Waals surface area contributed by atoms with Gasteiger partial charge in [-0.25, -0.2) is 0 Å². The third-order valence-electron chi connectivity index (χ3n) is 5.22. The summed E-state index contributed by atoms with van der Waals surface area (Å²) in [4.78, 5) is 15.1. The number of fused-ring (bicyclic) bond motifs is 1. The van der Waals surface area contributed by atoms with Crippen molar-refractivity contribution in [3.05, 3.63) is 52.7 Å². The number of hydrogen-bond acceptors (Lipinski definition) is 2. The topological polar surface area (TPSA) is 30.0 Å². The Labute approximate surface area is 151 Å². The first-order chi connectivity index (χ1) is 11.2. The molecule has 0 spiro atoms. The van der Waals surface area contributed by atoms with E-state index in [1.165, 1.54) is 34.0 Å². The van der Waals surface area contributed by atoms with Crippen LogP contribution in [0.3, 0.4) is 0 Å². The second-order valence-electron chi connectivity index (χ2n) is 8.02. The van der Waals surface area contributed by atoms with Crippen LogP contribution < -0.4 is 9.05 Å². The summed E-state index contributed by atoms with van der Waals surface area (Å²) in [5, 5.41) is 0. The monoisotopic (exact) mass is 386 g/mol. The Morgan fingerprint density at radius 2 is 1.67 bits per heavy atom. The molecule has 0 unspecified atom stereocenters. The first-order valence-electron chi connectivity index (χ1n) is 8.41. The van der Waals surface area contributed by atoms with E-state index in [1.54, 1.807) is 12.3 Å². The van der Waals surface area contributed by atoms with Gasteiger partial charge in [-0.3, -0.25) is 0 Å². The van der Waals surface area contributed by atoms with Crippen molar-refractivity contribution >= 4 is 30.3 Å². The van der Waals surface area contributed by atoms with Crippen molar-refractivity contribution < 1.29 is 4.79 Å². The van der Waals surface area contributed by atoms with Gasteiger partial charge >= 0.3 is 151 Å².